The van der Waals surface area contributed by atoms with Crippen molar-refractivity contribution in [1.29, 1.82) is 0 Å². The van der Waals surface area contributed by atoms with Crippen LogP contribution in [0.3, 0.4) is 0 Å². The molecule has 4 rings (SSSR count). The number of hydrogen-bond donors (Lipinski definition) is 1. The third kappa shape index (κ3) is 3.55. The summed E-state index contributed by atoms with van der Waals surface area (Å²) in [5.41, 5.74) is 8.30. The first-order valence-electron chi connectivity index (χ1n) is 10.3. The minimum absolute atomic E-state index is 0.226. The van der Waals surface area contributed by atoms with Gasteiger partial charge in [-0.1, -0.05) is 97.4 Å². The van der Waals surface area contributed by atoms with E-state index in [-0.39, 0.29) is 6.04 Å². The van der Waals surface area contributed by atoms with Gasteiger partial charge in [0.25, 0.3) is 0 Å². The van der Waals surface area contributed by atoms with Crippen molar-refractivity contribution >= 4 is 5.57 Å². The maximum atomic E-state index is 4.00. The quantitative estimate of drug-likeness (QED) is 0.530. The molecule has 3 aromatic carbocycles. The van der Waals surface area contributed by atoms with Crippen LogP contribution in [0.15, 0.2) is 90.5 Å². The van der Waals surface area contributed by atoms with E-state index in [2.05, 4.69) is 111 Å². The SMILES string of the molecule is CC[C@@H]1C(c2ccccc2)=C(C)C(c2ccc(C)cc2)NC1c1ccccc1. The first-order valence-corrected chi connectivity index (χ1v) is 10.3. The van der Waals surface area contributed by atoms with Crippen LogP contribution in [0.1, 0.15) is 54.6 Å². The van der Waals surface area contributed by atoms with Crippen LogP contribution in [0.2, 0.25) is 0 Å². The van der Waals surface area contributed by atoms with Gasteiger partial charge in [0.2, 0.25) is 0 Å². The van der Waals surface area contributed by atoms with Crippen molar-refractivity contribution in [2.45, 2.75) is 39.3 Å². The van der Waals surface area contributed by atoms with Crippen LogP contribution in [0.4, 0.5) is 0 Å². The summed E-state index contributed by atoms with van der Waals surface area (Å²) in [6.07, 6.45) is 1.11. The van der Waals surface area contributed by atoms with Crippen molar-refractivity contribution in [1.82, 2.24) is 5.32 Å². The summed E-state index contributed by atoms with van der Waals surface area (Å²) in [6, 6.07) is 31.4. The van der Waals surface area contributed by atoms with Gasteiger partial charge in [0.1, 0.15) is 0 Å². The Labute approximate surface area is 169 Å². The highest BCUT2D eigenvalue weighted by atomic mass is 15.0. The van der Waals surface area contributed by atoms with Crippen LogP contribution < -0.4 is 5.32 Å². The summed E-state index contributed by atoms with van der Waals surface area (Å²) < 4.78 is 0. The highest BCUT2D eigenvalue weighted by molar-refractivity contribution is 5.73. The highest BCUT2D eigenvalue weighted by Gasteiger charge is 2.35. The van der Waals surface area contributed by atoms with E-state index in [0.29, 0.717) is 12.0 Å². The summed E-state index contributed by atoms with van der Waals surface area (Å²) >= 11 is 0. The Hall–Kier alpha value is -2.64. The molecule has 0 fully saturated rings. The normalized spacial score (nSPS) is 22.3. The van der Waals surface area contributed by atoms with Gasteiger partial charge in [0.15, 0.2) is 0 Å². The molecule has 1 nitrogen and oxygen atoms in total. The first kappa shape index (κ1) is 18.7. The van der Waals surface area contributed by atoms with Gasteiger partial charge in [-0.3, -0.25) is 5.32 Å². The highest BCUT2D eigenvalue weighted by Crippen LogP contribution is 2.46. The molecule has 1 aliphatic rings. The van der Waals surface area contributed by atoms with Crippen molar-refractivity contribution in [2.75, 3.05) is 0 Å². The fraction of sp³-hybridized carbons (Fsp3) is 0.259. The average Bonchev–Trinajstić information content (AvgIpc) is 2.75. The van der Waals surface area contributed by atoms with Crippen LogP contribution in [0.25, 0.3) is 5.57 Å². The van der Waals surface area contributed by atoms with E-state index in [1.807, 2.05) is 0 Å². The van der Waals surface area contributed by atoms with Crippen LogP contribution in [0, 0.1) is 12.8 Å². The van der Waals surface area contributed by atoms with Gasteiger partial charge >= 0.3 is 0 Å². The van der Waals surface area contributed by atoms with Crippen LogP contribution in [-0.4, -0.2) is 0 Å². The molecule has 0 saturated heterocycles. The van der Waals surface area contributed by atoms with Crippen LogP contribution in [0.5, 0.6) is 0 Å². The zero-order valence-corrected chi connectivity index (χ0v) is 17.0. The van der Waals surface area contributed by atoms with Crippen molar-refractivity contribution in [2.24, 2.45) is 5.92 Å². The van der Waals surface area contributed by atoms with E-state index < -0.39 is 0 Å². The molecule has 0 bridgehead atoms. The molecule has 3 atom stereocenters. The molecule has 1 N–H and O–H groups in total. The van der Waals surface area contributed by atoms with E-state index in [1.165, 1.54) is 33.4 Å². The van der Waals surface area contributed by atoms with Crippen molar-refractivity contribution in [3.05, 3.63) is 113 Å². The minimum Gasteiger partial charge on any atom is -0.299 e. The van der Waals surface area contributed by atoms with E-state index in [9.17, 15) is 0 Å². The molecule has 0 spiro atoms. The van der Waals surface area contributed by atoms with E-state index in [0.717, 1.165) is 6.42 Å². The van der Waals surface area contributed by atoms with E-state index in [4.69, 9.17) is 0 Å². The molecule has 2 unspecified atom stereocenters. The Morgan fingerprint density at radius 2 is 1.32 bits per heavy atom. The Balaban J connectivity index is 1.87. The number of hydrogen-bond acceptors (Lipinski definition) is 1. The number of aryl methyl sites for hydroxylation is 1. The maximum absolute atomic E-state index is 4.00. The Morgan fingerprint density at radius 1 is 0.714 bits per heavy atom. The molecular formula is C27H29N. The van der Waals surface area contributed by atoms with Crippen molar-refractivity contribution < 1.29 is 0 Å². The zero-order valence-electron chi connectivity index (χ0n) is 17.0. The number of nitrogens with one attached hydrogen (secondary N) is 1. The fourth-order valence-electron chi connectivity index (χ4n) is 4.63. The summed E-state index contributed by atoms with van der Waals surface area (Å²) in [5, 5.41) is 4.00. The predicted molar refractivity (Wildman–Crippen MR) is 119 cm³/mol. The molecule has 0 radical (unpaired) electrons. The Kier molecular flexibility index (Phi) is 5.45. The topological polar surface area (TPSA) is 12.0 Å². The second kappa shape index (κ2) is 8.16. The standard InChI is InChI=1S/C27H29N/c1-4-24-25(21-11-7-5-8-12-21)20(3)26(23-17-15-19(2)16-18-23)28-27(24)22-13-9-6-10-14-22/h5-18,24,26-28H,4H2,1-3H3/t24-,26?,27?/m1/s1. The smallest absolute Gasteiger partial charge is 0.0544 e. The largest absolute Gasteiger partial charge is 0.299 e. The average molecular weight is 368 g/mol. The molecule has 0 saturated carbocycles. The first-order chi connectivity index (χ1) is 13.7. The molecular weight excluding hydrogens is 338 g/mol. The summed E-state index contributed by atoms with van der Waals surface area (Å²) in [6.45, 7) is 6.77. The van der Waals surface area contributed by atoms with Gasteiger partial charge in [0, 0.05) is 12.0 Å². The Morgan fingerprint density at radius 3 is 1.93 bits per heavy atom. The maximum Gasteiger partial charge on any atom is 0.0544 e. The van der Waals surface area contributed by atoms with Gasteiger partial charge in [0.05, 0.1) is 6.04 Å². The lowest BCUT2D eigenvalue weighted by atomic mass is 9.74. The van der Waals surface area contributed by atoms with Gasteiger partial charge in [-0.25, -0.2) is 0 Å². The molecule has 0 amide bonds. The fourth-order valence-corrected chi connectivity index (χ4v) is 4.63. The third-order valence-corrected chi connectivity index (χ3v) is 6.07. The molecule has 1 aliphatic heterocycles. The minimum atomic E-state index is 0.226. The van der Waals surface area contributed by atoms with Crippen LogP contribution >= 0.6 is 0 Å². The van der Waals surface area contributed by atoms with Gasteiger partial charge in [-0.2, -0.15) is 0 Å². The predicted octanol–water partition coefficient (Wildman–Crippen LogP) is 6.88. The van der Waals surface area contributed by atoms with Gasteiger partial charge < -0.3 is 0 Å². The van der Waals surface area contributed by atoms with Crippen molar-refractivity contribution in [3.63, 3.8) is 0 Å². The molecule has 28 heavy (non-hydrogen) atoms. The third-order valence-electron chi connectivity index (χ3n) is 6.07. The molecule has 0 aromatic heterocycles. The summed E-state index contributed by atoms with van der Waals surface area (Å²) in [7, 11) is 0. The summed E-state index contributed by atoms with van der Waals surface area (Å²) in [4.78, 5) is 0. The second-order valence-electron chi connectivity index (χ2n) is 7.88. The molecule has 1 heteroatoms. The van der Waals surface area contributed by atoms with Crippen LogP contribution in [-0.2, 0) is 0 Å². The lowest BCUT2D eigenvalue weighted by molar-refractivity contribution is 0.367. The molecule has 0 aliphatic carbocycles. The van der Waals surface area contributed by atoms with Gasteiger partial charge in [-0.15, -0.1) is 0 Å². The van der Waals surface area contributed by atoms with Gasteiger partial charge in [-0.05, 0) is 48.1 Å². The second-order valence-corrected chi connectivity index (χ2v) is 7.88. The van der Waals surface area contributed by atoms with Crippen molar-refractivity contribution in [3.8, 4) is 0 Å². The van der Waals surface area contributed by atoms with E-state index >= 15 is 0 Å². The lowest BCUT2D eigenvalue weighted by Crippen LogP contribution is -2.38. The Bertz CT molecular complexity index is 939. The molecule has 3 aromatic rings. The number of benzene rings is 3. The van der Waals surface area contributed by atoms with E-state index in [1.54, 1.807) is 0 Å². The monoisotopic (exact) mass is 367 g/mol. The molecule has 1 heterocycles. The summed E-state index contributed by atoms with van der Waals surface area (Å²) in [5.74, 6) is 0.450. The molecule has 142 valence electrons. The zero-order chi connectivity index (χ0) is 19.5. The number of rotatable bonds is 4. The lowest BCUT2D eigenvalue weighted by Gasteiger charge is -2.41.